The van der Waals surface area contributed by atoms with Crippen LogP contribution in [0.3, 0.4) is 0 Å². The Morgan fingerprint density at radius 3 is 2.15 bits per heavy atom. The van der Waals surface area contributed by atoms with Gasteiger partial charge in [-0.25, -0.2) is 0 Å². The van der Waals surface area contributed by atoms with Crippen LogP contribution in [0.25, 0.3) is 11.1 Å². The molecule has 0 saturated heterocycles. The van der Waals surface area contributed by atoms with E-state index in [9.17, 15) is 9.59 Å². The molecule has 3 rings (SSSR count). The molecule has 0 aliphatic heterocycles. The van der Waals surface area contributed by atoms with E-state index in [1.165, 1.54) is 5.56 Å². The summed E-state index contributed by atoms with van der Waals surface area (Å²) in [5.41, 5.74) is 4.62. The summed E-state index contributed by atoms with van der Waals surface area (Å²) in [6, 6.07) is 25.2. The van der Waals surface area contributed by atoms with Crippen LogP contribution in [-0.2, 0) is 11.2 Å². The first kappa shape index (κ1) is 18.6. The first-order chi connectivity index (χ1) is 13.2. The fourth-order valence-corrected chi connectivity index (χ4v) is 2.97. The molecule has 0 atom stereocenters. The molecule has 136 valence electrons. The van der Waals surface area contributed by atoms with Crippen molar-refractivity contribution < 1.29 is 9.59 Å². The van der Waals surface area contributed by atoms with Gasteiger partial charge in [0.1, 0.15) is 0 Å². The second-order valence-electron chi connectivity index (χ2n) is 6.43. The van der Waals surface area contributed by atoms with Crippen molar-refractivity contribution in [2.45, 2.75) is 26.2 Å². The van der Waals surface area contributed by atoms with Crippen LogP contribution in [0.1, 0.15) is 35.7 Å². The molecular weight excluding hydrogens is 334 g/mol. The van der Waals surface area contributed by atoms with Gasteiger partial charge in [-0.1, -0.05) is 79.7 Å². The molecule has 0 aliphatic carbocycles. The number of carbonyl (C=O) groups excluding carboxylic acids is 2. The van der Waals surface area contributed by atoms with Crippen molar-refractivity contribution in [2.75, 3.05) is 5.32 Å². The monoisotopic (exact) mass is 357 g/mol. The molecule has 0 radical (unpaired) electrons. The minimum atomic E-state index is -0.156. The van der Waals surface area contributed by atoms with Gasteiger partial charge >= 0.3 is 0 Å². The zero-order chi connectivity index (χ0) is 19.1. The number of amides is 1. The van der Waals surface area contributed by atoms with Crippen molar-refractivity contribution in [2.24, 2.45) is 0 Å². The maximum atomic E-state index is 12.4. The van der Waals surface area contributed by atoms with Crippen molar-refractivity contribution in [1.82, 2.24) is 0 Å². The third-order valence-electron chi connectivity index (χ3n) is 4.55. The molecule has 0 heterocycles. The first-order valence-electron chi connectivity index (χ1n) is 9.24. The summed E-state index contributed by atoms with van der Waals surface area (Å²) in [5, 5.41) is 2.94. The summed E-state index contributed by atoms with van der Waals surface area (Å²) >= 11 is 0. The predicted molar refractivity (Wildman–Crippen MR) is 110 cm³/mol. The predicted octanol–water partition coefficient (Wildman–Crippen LogP) is 5.52. The Hall–Kier alpha value is -3.20. The van der Waals surface area contributed by atoms with Crippen molar-refractivity contribution in [1.29, 1.82) is 0 Å². The van der Waals surface area contributed by atoms with Crippen LogP contribution in [0.5, 0.6) is 0 Å². The number of aryl methyl sites for hydroxylation is 1. The fourth-order valence-electron chi connectivity index (χ4n) is 2.97. The molecule has 3 heteroatoms. The highest BCUT2D eigenvalue weighted by Gasteiger charge is 2.11. The molecule has 1 amide bonds. The Balaban J connectivity index is 1.62. The molecule has 3 aromatic rings. The highest BCUT2D eigenvalue weighted by molar-refractivity contribution is 6.01. The van der Waals surface area contributed by atoms with Crippen LogP contribution >= 0.6 is 0 Å². The van der Waals surface area contributed by atoms with Gasteiger partial charge in [-0.15, -0.1) is 0 Å². The van der Waals surface area contributed by atoms with E-state index in [1.807, 2.05) is 78.9 Å². The molecule has 0 aliphatic rings. The minimum absolute atomic E-state index is 0.0100. The van der Waals surface area contributed by atoms with Gasteiger partial charge in [0, 0.05) is 29.7 Å². The first-order valence-corrected chi connectivity index (χ1v) is 9.24. The summed E-state index contributed by atoms with van der Waals surface area (Å²) in [4.78, 5) is 24.7. The molecule has 3 aromatic carbocycles. The van der Waals surface area contributed by atoms with Crippen LogP contribution in [0.15, 0.2) is 78.9 Å². The Labute approximate surface area is 160 Å². The third kappa shape index (κ3) is 4.91. The number of para-hydroxylation sites is 1. The maximum Gasteiger partial charge on any atom is 0.224 e. The van der Waals surface area contributed by atoms with Crippen LogP contribution in [-0.4, -0.2) is 11.7 Å². The van der Waals surface area contributed by atoms with E-state index in [0.29, 0.717) is 5.56 Å². The number of carbonyl (C=O) groups is 2. The molecular formula is C24H23NO2. The number of nitrogens with one attached hydrogen (secondary N) is 1. The van der Waals surface area contributed by atoms with Gasteiger partial charge in [0.05, 0.1) is 0 Å². The van der Waals surface area contributed by atoms with Gasteiger partial charge in [-0.2, -0.15) is 0 Å². The third-order valence-corrected chi connectivity index (χ3v) is 4.55. The Morgan fingerprint density at radius 1 is 0.778 bits per heavy atom. The summed E-state index contributed by atoms with van der Waals surface area (Å²) in [5.74, 6) is -0.166. The highest BCUT2D eigenvalue weighted by atomic mass is 16.2. The Kier molecular flexibility index (Phi) is 6.16. The van der Waals surface area contributed by atoms with Crippen molar-refractivity contribution in [3.63, 3.8) is 0 Å². The topological polar surface area (TPSA) is 46.2 Å². The molecule has 0 spiro atoms. The van der Waals surface area contributed by atoms with Crippen LogP contribution in [0.4, 0.5) is 5.69 Å². The van der Waals surface area contributed by atoms with E-state index >= 15 is 0 Å². The van der Waals surface area contributed by atoms with Crippen molar-refractivity contribution >= 4 is 17.4 Å². The van der Waals surface area contributed by atoms with Gasteiger partial charge in [-0.05, 0) is 23.6 Å². The summed E-state index contributed by atoms with van der Waals surface area (Å²) < 4.78 is 0. The number of anilines is 1. The second kappa shape index (κ2) is 8.95. The smallest absolute Gasteiger partial charge is 0.224 e. The maximum absolute atomic E-state index is 12.4. The van der Waals surface area contributed by atoms with E-state index < -0.39 is 0 Å². The number of rotatable bonds is 7. The Bertz CT molecular complexity index is 915. The molecule has 27 heavy (non-hydrogen) atoms. The lowest BCUT2D eigenvalue weighted by Crippen LogP contribution is -2.14. The lowest BCUT2D eigenvalue weighted by molar-refractivity contribution is -0.116. The number of hydrogen-bond donors (Lipinski definition) is 1. The largest absolute Gasteiger partial charge is 0.326 e. The van der Waals surface area contributed by atoms with Crippen LogP contribution < -0.4 is 5.32 Å². The fraction of sp³-hybridized carbons (Fsp3) is 0.167. The minimum Gasteiger partial charge on any atom is -0.326 e. The molecule has 0 aromatic heterocycles. The van der Waals surface area contributed by atoms with Crippen LogP contribution in [0, 0.1) is 0 Å². The van der Waals surface area contributed by atoms with Gasteiger partial charge in [-0.3, -0.25) is 9.59 Å². The zero-order valence-corrected chi connectivity index (χ0v) is 15.4. The normalized spacial score (nSPS) is 10.4. The molecule has 3 nitrogen and oxygen atoms in total. The van der Waals surface area contributed by atoms with Crippen molar-refractivity contribution in [3.05, 3.63) is 90.0 Å². The lowest BCUT2D eigenvalue weighted by atomic mass is 10.0. The average Bonchev–Trinajstić information content (AvgIpc) is 2.73. The molecule has 0 bridgehead atoms. The number of ketones is 1. The van der Waals surface area contributed by atoms with E-state index in [1.54, 1.807) is 0 Å². The molecule has 0 fully saturated rings. The number of benzene rings is 3. The molecule has 0 unspecified atom stereocenters. The quantitative estimate of drug-likeness (QED) is 0.566. The number of hydrogen-bond acceptors (Lipinski definition) is 2. The van der Waals surface area contributed by atoms with E-state index in [0.717, 1.165) is 23.2 Å². The standard InChI is InChI=1S/C24H23NO2/c1-2-18-12-14-20(15-13-18)23(26)16-17-24(27)25-22-11-7-6-10-21(22)19-8-4-3-5-9-19/h3-15H,2,16-17H2,1H3,(H,25,27). The number of Topliss-reactive ketones (excluding diaryl/α,β-unsaturated/α-hetero) is 1. The van der Waals surface area contributed by atoms with Crippen molar-refractivity contribution in [3.8, 4) is 11.1 Å². The summed E-state index contributed by atoms with van der Waals surface area (Å²) in [6.45, 7) is 2.08. The van der Waals surface area contributed by atoms with E-state index in [2.05, 4.69) is 12.2 Å². The lowest BCUT2D eigenvalue weighted by Gasteiger charge is -2.11. The van der Waals surface area contributed by atoms with E-state index in [4.69, 9.17) is 0 Å². The summed E-state index contributed by atoms with van der Waals surface area (Å²) in [7, 11) is 0. The zero-order valence-electron chi connectivity index (χ0n) is 15.4. The van der Waals surface area contributed by atoms with Gasteiger partial charge < -0.3 is 5.32 Å². The van der Waals surface area contributed by atoms with Crippen LogP contribution in [0.2, 0.25) is 0 Å². The summed E-state index contributed by atoms with van der Waals surface area (Å²) in [6.07, 6.45) is 1.31. The average molecular weight is 357 g/mol. The van der Waals surface area contributed by atoms with E-state index in [-0.39, 0.29) is 24.5 Å². The van der Waals surface area contributed by atoms with Gasteiger partial charge in [0.2, 0.25) is 5.91 Å². The Morgan fingerprint density at radius 2 is 1.44 bits per heavy atom. The SMILES string of the molecule is CCc1ccc(C(=O)CCC(=O)Nc2ccccc2-c2ccccc2)cc1. The van der Waals surface area contributed by atoms with Gasteiger partial charge in [0.25, 0.3) is 0 Å². The second-order valence-corrected chi connectivity index (χ2v) is 6.43. The molecule has 1 N–H and O–H groups in total. The van der Waals surface area contributed by atoms with Gasteiger partial charge in [0.15, 0.2) is 5.78 Å². The highest BCUT2D eigenvalue weighted by Crippen LogP contribution is 2.27. The molecule has 0 saturated carbocycles.